The highest BCUT2D eigenvalue weighted by Crippen LogP contribution is 2.09. The number of hydrogen-bond donors (Lipinski definition) is 1. The van der Waals surface area contributed by atoms with E-state index in [0.29, 0.717) is 30.6 Å². The van der Waals surface area contributed by atoms with Gasteiger partial charge < -0.3 is 10.3 Å². The quantitative estimate of drug-likeness (QED) is 0.837. The van der Waals surface area contributed by atoms with Gasteiger partial charge in [0.1, 0.15) is 0 Å². The van der Waals surface area contributed by atoms with Crippen LogP contribution in [-0.4, -0.2) is 21.7 Å². The SMILES string of the molecule is CC(CN)CCc1nc(Cc2ccccn2)no1. The Morgan fingerprint density at radius 1 is 1.39 bits per heavy atom. The Morgan fingerprint density at radius 3 is 3.00 bits per heavy atom. The van der Waals surface area contributed by atoms with Crippen LogP contribution in [0.3, 0.4) is 0 Å². The fraction of sp³-hybridized carbons (Fsp3) is 0.462. The Labute approximate surface area is 106 Å². The molecule has 0 spiro atoms. The number of aryl methyl sites for hydroxylation is 1. The number of aromatic nitrogens is 3. The van der Waals surface area contributed by atoms with Crippen LogP contribution >= 0.6 is 0 Å². The third-order valence-electron chi connectivity index (χ3n) is 2.83. The first kappa shape index (κ1) is 12.7. The molecule has 0 aliphatic heterocycles. The Kier molecular flexibility index (Phi) is 4.41. The average molecular weight is 246 g/mol. The first-order chi connectivity index (χ1) is 8.78. The van der Waals surface area contributed by atoms with Gasteiger partial charge in [-0.25, -0.2) is 0 Å². The molecule has 2 N–H and O–H groups in total. The van der Waals surface area contributed by atoms with E-state index in [1.165, 1.54) is 0 Å². The Morgan fingerprint density at radius 2 is 2.28 bits per heavy atom. The summed E-state index contributed by atoms with van der Waals surface area (Å²) in [5.41, 5.74) is 6.51. The molecule has 2 aromatic rings. The topological polar surface area (TPSA) is 77.8 Å². The van der Waals surface area contributed by atoms with Crippen LogP contribution in [0.25, 0.3) is 0 Å². The van der Waals surface area contributed by atoms with E-state index in [1.807, 2.05) is 18.2 Å². The lowest BCUT2D eigenvalue weighted by atomic mass is 10.1. The van der Waals surface area contributed by atoms with Gasteiger partial charge in [-0.05, 0) is 31.0 Å². The van der Waals surface area contributed by atoms with Crippen LogP contribution in [0.4, 0.5) is 0 Å². The normalized spacial score (nSPS) is 12.6. The van der Waals surface area contributed by atoms with Crippen molar-refractivity contribution in [3.63, 3.8) is 0 Å². The number of pyridine rings is 1. The fourth-order valence-electron chi connectivity index (χ4n) is 1.62. The molecule has 0 saturated heterocycles. The Bertz CT molecular complexity index is 469. The smallest absolute Gasteiger partial charge is 0.226 e. The summed E-state index contributed by atoms with van der Waals surface area (Å²) in [6, 6.07) is 5.79. The van der Waals surface area contributed by atoms with E-state index in [-0.39, 0.29) is 0 Å². The molecule has 18 heavy (non-hydrogen) atoms. The summed E-state index contributed by atoms with van der Waals surface area (Å²) in [4.78, 5) is 8.59. The van der Waals surface area contributed by atoms with E-state index in [4.69, 9.17) is 10.3 Å². The van der Waals surface area contributed by atoms with E-state index in [0.717, 1.165) is 18.5 Å². The molecular weight excluding hydrogens is 228 g/mol. The minimum Gasteiger partial charge on any atom is -0.339 e. The zero-order valence-corrected chi connectivity index (χ0v) is 10.5. The van der Waals surface area contributed by atoms with Crippen molar-refractivity contribution in [2.45, 2.75) is 26.2 Å². The van der Waals surface area contributed by atoms with Crippen LogP contribution in [-0.2, 0) is 12.8 Å². The van der Waals surface area contributed by atoms with Gasteiger partial charge in [0.25, 0.3) is 0 Å². The van der Waals surface area contributed by atoms with Crippen molar-refractivity contribution in [1.29, 1.82) is 0 Å². The van der Waals surface area contributed by atoms with E-state index in [1.54, 1.807) is 6.20 Å². The van der Waals surface area contributed by atoms with Crippen molar-refractivity contribution in [2.24, 2.45) is 11.7 Å². The highest BCUT2D eigenvalue weighted by Gasteiger charge is 2.09. The third-order valence-corrected chi connectivity index (χ3v) is 2.83. The highest BCUT2D eigenvalue weighted by molar-refractivity contribution is 5.09. The van der Waals surface area contributed by atoms with Crippen LogP contribution in [0.5, 0.6) is 0 Å². The first-order valence-electron chi connectivity index (χ1n) is 6.19. The molecule has 0 aromatic carbocycles. The summed E-state index contributed by atoms with van der Waals surface area (Å²) in [7, 11) is 0. The molecular formula is C13H18N4O. The van der Waals surface area contributed by atoms with Gasteiger partial charge in [-0.3, -0.25) is 4.98 Å². The lowest BCUT2D eigenvalue weighted by Gasteiger charge is -2.03. The third kappa shape index (κ3) is 3.63. The minimum atomic E-state index is 0.483. The molecule has 2 heterocycles. The van der Waals surface area contributed by atoms with Gasteiger partial charge in [0.05, 0.1) is 6.42 Å². The highest BCUT2D eigenvalue weighted by atomic mass is 16.5. The standard InChI is InChI=1S/C13H18N4O/c1-10(9-14)5-6-13-16-12(17-18-13)8-11-4-2-3-7-15-11/h2-4,7,10H,5-6,8-9,14H2,1H3. The van der Waals surface area contributed by atoms with E-state index < -0.39 is 0 Å². The molecule has 5 heteroatoms. The first-order valence-corrected chi connectivity index (χ1v) is 6.19. The summed E-state index contributed by atoms with van der Waals surface area (Å²) >= 11 is 0. The molecule has 5 nitrogen and oxygen atoms in total. The van der Waals surface area contributed by atoms with Crippen LogP contribution in [0, 0.1) is 5.92 Å². The molecule has 0 aliphatic carbocycles. The fourth-order valence-corrected chi connectivity index (χ4v) is 1.62. The molecule has 1 unspecified atom stereocenters. The number of rotatable bonds is 6. The molecule has 0 amide bonds. The van der Waals surface area contributed by atoms with E-state index in [2.05, 4.69) is 22.0 Å². The van der Waals surface area contributed by atoms with Crippen LogP contribution < -0.4 is 5.73 Å². The summed E-state index contributed by atoms with van der Waals surface area (Å²) in [6.07, 6.45) is 4.13. The lowest BCUT2D eigenvalue weighted by Crippen LogP contribution is -2.11. The van der Waals surface area contributed by atoms with Crippen molar-refractivity contribution in [3.8, 4) is 0 Å². The van der Waals surface area contributed by atoms with Crippen molar-refractivity contribution in [3.05, 3.63) is 41.8 Å². The molecule has 0 bridgehead atoms. The van der Waals surface area contributed by atoms with Gasteiger partial charge in [0.15, 0.2) is 5.82 Å². The average Bonchev–Trinajstić information content (AvgIpc) is 2.85. The van der Waals surface area contributed by atoms with Gasteiger partial charge in [-0.2, -0.15) is 4.98 Å². The maximum Gasteiger partial charge on any atom is 0.226 e. The van der Waals surface area contributed by atoms with Crippen molar-refractivity contribution in [1.82, 2.24) is 15.1 Å². The maximum atomic E-state index is 5.57. The van der Waals surface area contributed by atoms with E-state index >= 15 is 0 Å². The van der Waals surface area contributed by atoms with Crippen LogP contribution in [0.1, 0.15) is 30.8 Å². The summed E-state index contributed by atoms with van der Waals surface area (Å²) in [5.74, 6) is 1.85. The van der Waals surface area contributed by atoms with E-state index in [9.17, 15) is 0 Å². The second kappa shape index (κ2) is 6.26. The van der Waals surface area contributed by atoms with Crippen LogP contribution in [0.15, 0.2) is 28.9 Å². The van der Waals surface area contributed by atoms with Gasteiger partial charge in [0, 0.05) is 18.3 Å². The Hall–Kier alpha value is -1.75. The molecule has 0 fully saturated rings. The van der Waals surface area contributed by atoms with Crippen molar-refractivity contribution < 1.29 is 4.52 Å². The number of nitrogens with two attached hydrogens (primary N) is 1. The summed E-state index contributed by atoms with van der Waals surface area (Å²) in [6.45, 7) is 2.81. The van der Waals surface area contributed by atoms with Crippen LogP contribution in [0.2, 0.25) is 0 Å². The predicted octanol–water partition coefficient (Wildman–Crippen LogP) is 1.58. The van der Waals surface area contributed by atoms with Crippen molar-refractivity contribution >= 4 is 0 Å². The second-order valence-corrected chi connectivity index (χ2v) is 4.48. The van der Waals surface area contributed by atoms with Gasteiger partial charge in [-0.1, -0.05) is 18.1 Å². The summed E-state index contributed by atoms with van der Waals surface area (Å²) in [5, 5.41) is 3.96. The zero-order chi connectivity index (χ0) is 12.8. The van der Waals surface area contributed by atoms with Gasteiger partial charge >= 0.3 is 0 Å². The minimum absolute atomic E-state index is 0.483. The maximum absolute atomic E-state index is 5.57. The molecule has 0 radical (unpaired) electrons. The molecule has 0 saturated carbocycles. The molecule has 0 aliphatic rings. The van der Waals surface area contributed by atoms with Gasteiger partial charge in [0.2, 0.25) is 5.89 Å². The lowest BCUT2D eigenvalue weighted by molar-refractivity contribution is 0.362. The summed E-state index contributed by atoms with van der Waals surface area (Å²) < 4.78 is 5.20. The predicted molar refractivity (Wildman–Crippen MR) is 67.9 cm³/mol. The molecule has 2 aromatic heterocycles. The molecule has 2 rings (SSSR count). The largest absolute Gasteiger partial charge is 0.339 e. The zero-order valence-electron chi connectivity index (χ0n) is 10.5. The number of hydrogen-bond acceptors (Lipinski definition) is 5. The molecule has 1 atom stereocenters. The second-order valence-electron chi connectivity index (χ2n) is 4.48. The Balaban J connectivity index is 1.90. The monoisotopic (exact) mass is 246 g/mol. The van der Waals surface area contributed by atoms with Gasteiger partial charge in [-0.15, -0.1) is 0 Å². The molecule has 96 valence electrons. The number of nitrogens with zero attached hydrogens (tertiary/aromatic N) is 3. The van der Waals surface area contributed by atoms with Crippen molar-refractivity contribution in [2.75, 3.05) is 6.54 Å².